The molecule has 236 valence electrons. The molecule has 1 aromatic carbocycles. The van der Waals surface area contributed by atoms with Crippen LogP contribution in [0.1, 0.15) is 73.8 Å². The van der Waals surface area contributed by atoms with Crippen molar-refractivity contribution in [3.05, 3.63) is 58.9 Å². The van der Waals surface area contributed by atoms with Gasteiger partial charge in [0, 0.05) is 64.0 Å². The second kappa shape index (κ2) is 12.7. The van der Waals surface area contributed by atoms with Crippen molar-refractivity contribution in [2.45, 2.75) is 77.5 Å². The van der Waals surface area contributed by atoms with E-state index < -0.39 is 17.7 Å². The number of aryl methyl sites for hydroxylation is 2. The lowest BCUT2D eigenvalue weighted by molar-refractivity contribution is 0.0504. The molecule has 2 aliphatic heterocycles. The van der Waals surface area contributed by atoms with Crippen molar-refractivity contribution in [3.63, 3.8) is 0 Å². The Labute approximate surface area is 257 Å². The minimum absolute atomic E-state index is 0.0512. The summed E-state index contributed by atoms with van der Waals surface area (Å²) in [6.45, 7) is 11.4. The second-order valence-corrected chi connectivity index (χ2v) is 12.5. The van der Waals surface area contributed by atoms with Crippen LogP contribution < -0.4 is 15.1 Å². The van der Waals surface area contributed by atoms with E-state index in [0.717, 1.165) is 18.4 Å². The number of carbonyl (C=O) groups is 2. The van der Waals surface area contributed by atoms with E-state index in [2.05, 4.69) is 30.3 Å². The molecule has 4 heterocycles. The maximum absolute atomic E-state index is 15.0. The number of hydrogen-bond acceptors (Lipinski definition) is 10. The Morgan fingerprint density at radius 1 is 1.14 bits per heavy atom. The molecule has 12 nitrogen and oxygen atoms in total. The van der Waals surface area contributed by atoms with Crippen molar-refractivity contribution in [2.75, 3.05) is 43.0 Å². The summed E-state index contributed by atoms with van der Waals surface area (Å²) in [5.41, 5.74) is 1.14. The smallest absolute Gasteiger partial charge is 0.407 e. The van der Waals surface area contributed by atoms with Crippen LogP contribution in [-0.2, 0) is 11.2 Å². The highest BCUT2D eigenvalue weighted by Crippen LogP contribution is 2.32. The first-order valence-electron chi connectivity index (χ1n) is 15.1. The Bertz CT molecular complexity index is 1470. The number of amides is 2. The Kier molecular flexibility index (Phi) is 9.02. The van der Waals surface area contributed by atoms with Gasteiger partial charge >= 0.3 is 12.1 Å². The van der Waals surface area contributed by atoms with Gasteiger partial charge in [-0.15, -0.1) is 0 Å². The fourth-order valence-electron chi connectivity index (χ4n) is 5.76. The van der Waals surface area contributed by atoms with Crippen molar-refractivity contribution in [1.29, 1.82) is 0 Å². The molecule has 0 radical (unpaired) electrons. The van der Waals surface area contributed by atoms with Crippen LogP contribution in [0.3, 0.4) is 0 Å². The standard InChI is InChI=1S/C31H41FN8O4/c1-7-26-36-29(44-37-26)39-12-10-21(11-13-39)38(6)27(41)20-15-33-28(34-16-20)40-17-23(22-14-19(2)8-9-24(22)32)25(18-40)35-30(42)43-31(3,4)5/h8-9,14-16,21,23,25H,7,10-13,17-18H2,1-6H3,(H,35,42)/t23-,25+/m1/s1. The van der Waals surface area contributed by atoms with E-state index in [1.807, 2.05) is 18.7 Å². The number of piperidine rings is 1. The lowest BCUT2D eigenvalue weighted by atomic mass is 9.92. The Balaban J connectivity index is 1.24. The fourth-order valence-corrected chi connectivity index (χ4v) is 5.76. The van der Waals surface area contributed by atoms with E-state index in [-0.39, 0.29) is 23.7 Å². The number of carbonyl (C=O) groups excluding carboxylic acids is 2. The predicted octanol–water partition coefficient (Wildman–Crippen LogP) is 4.11. The van der Waals surface area contributed by atoms with Gasteiger partial charge in [-0.25, -0.2) is 19.2 Å². The van der Waals surface area contributed by atoms with Crippen molar-refractivity contribution >= 4 is 24.0 Å². The molecule has 0 unspecified atom stereocenters. The monoisotopic (exact) mass is 608 g/mol. The van der Waals surface area contributed by atoms with E-state index >= 15 is 0 Å². The van der Waals surface area contributed by atoms with Gasteiger partial charge in [-0.2, -0.15) is 4.98 Å². The van der Waals surface area contributed by atoms with Crippen molar-refractivity contribution < 1.29 is 23.2 Å². The third kappa shape index (κ3) is 7.08. The zero-order chi connectivity index (χ0) is 31.6. The average Bonchev–Trinajstić information content (AvgIpc) is 3.64. The topological polar surface area (TPSA) is 130 Å². The largest absolute Gasteiger partial charge is 0.444 e. The van der Waals surface area contributed by atoms with E-state index in [9.17, 15) is 14.0 Å². The van der Waals surface area contributed by atoms with Gasteiger partial charge in [-0.3, -0.25) is 4.79 Å². The number of nitrogens with one attached hydrogen (secondary N) is 1. The summed E-state index contributed by atoms with van der Waals surface area (Å²) < 4.78 is 25.8. The molecule has 0 saturated carbocycles. The Morgan fingerprint density at radius 3 is 2.48 bits per heavy atom. The van der Waals surface area contributed by atoms with Gasteiger partial charge in [-0.1, -0.05) is 29.8 Å². The SMILES string of the molecule is CCc1noc(N2CCC(N(C)C(=O)c3cnc(N4C[C@H](NC(=O)OC(C)(C)C)[C@@H](c5cc(C)ccc5F)C4)nc3)CC2)n1. The minimum atomic E-state index is -0.672. The van der Waals surface area contributed by atoms with E-state index in [0.29, 0.717) is 61.5 Å². The predicted molar refractivity (Wildman–Crippen MR) is 162 cm³/mol. The average molecular weight is 609 g/mol. The third-order valence-electron chi connectivity index (χ3n) is 8.12. The number of anilines is 2. The number of aromatic nitrogens is 4. The van der Waals surface area contributed by atoms with Gasteiger partial charge in [0.05, 0.1) is 11.6 Å². The maximum atomic E-state index is 15.0. The molecule has 2 aromatic heterocycles. The molecule has 2 saturated heterocycles. The number of ether oxygens (including phenoxy) is 1. The van der Waals surface area contributed by atoms with Crippen LogP contribution >= 0.6 is 0 Å². The van der Waals surface area contributed by atoms with Crippen molar-refractivity contribution in [1.82, 2.24) is 30.3 Å². The minimum Gasteiger partial charge on any atom is -0.444 e. The lowest BCUT2D eigenvalue weighted by Gasteiger charge is -2.35. The highest BCUT2D eigenvalue weighted by molar-refractivity contribution is 5.93. The summed E-state index contributed by atoms with van der Waals surface area (Å²) >= 11 is 0. The van der Waals surface area contributed by atoms with E-state index in [1.54, 1.807) is 44.9 Å². The van der Waals surface area contributed by atoms with Crippen molar-refractivity contribution in [2.24, 2.45) is 0 Å². The zero-order valence-corrected chi connectivity index (χ0v) is 26.2. The Hall–Kier alpha value is -4.29. The highest BCUT2D eigenvalue weighted by atomic mass is 19.1. The first-order chi connectivity index (χ1) is 20.9. The molecule has 2 atom stereocenters. The highest BCUT2D eigenvalue weighted by Gasteiger charge is 2.38. The van der Waals surface area contributed by atoms with Crippen LogP contribution in [0.4, 0.5) is 21.1 Å². The molecule has 3 aromatic rings. The van der Waals surface area contributed by atoms with Crippen molar-refractivity contribution in [3.8, 4) is 0 Å². The van der Waals surface area contributed by atoms with Gasteiger partial charge in [0.2, 0.25) is 5.95 Å². The molecule has 2 aliphatic rings. The molecule has 2 fully saturated rings. The lowest BCUT2D eigenvalue weighted by Crippen LogP contribution is -2.45. The van der Waals surface area contributed by atoms with Gasteiger partial charge < -0.3 is 29.3 Å². The number of benzene rings is 1. The molecule has 1 N–H and O–H groups in total. The summed E-state index contributed by atoms with van der Waals surface area (Å²) in [5.74, 6) is 0.225. The molecule has 44 heavy (non-hydrogen) atoms. The van der Waals surface area contributed by atoms with Gasteiger partial charge in [-0.05, 0) is 52.2 Å². The molecule has 2 amide bonds. The van der Waals surface area contributed by atoms with E-state index in [4.69, 9.17) is 9.26 Å². The summed E-state index contributed by atoms with van der Waals surface area (Å²) in [6, 6.07) is 5.11. The summed E-state index contributed by atoms with van der Waals surface area (Å²) in [7, 11) is 1.80. The molecule has 5 rings (SSSR count). The first kappa shape index (κ1) is 31.1. The summed E-state index contributed by atoms with van der Waals surface area (Å²) in [5, 5.41) is 6.90. The third-order valence-corrected chi connectivity index (χ3v) is 8.12. The Morgan fingerprint density at radius 2 is 1.84 bits per heavy atom. The fraction of sp³-hybridized carbons (Fsp3) is 0.548. The van der Waals surface area contributed by atoms with Crippen LogP contribution in [-0.4, -0.2) is 87.9 Å². The zero-order valence-electron chi connectivity index (χ0n) is 26.2. The van der Waals surface area contributed by atoms with Gasteiger partial charge in [0.25, 0.3) is 5.91 Å². The van der Waals surface area contributed by atoms with Gasteiger partial charge in [0.1, 0.15) is 11.4 Å². The normalized spacial score (nSPS) is 19.2. The van der Waals surface area contributed by atoms with Crippen LogP contribution in [0.25, 0.3) is 0 Å². The number of rotatable bonds is 7. The number of halogens is 1. The molecule has 0 aliphatic carbocycles. The van der Waals surface area contributed by atoms with Crippen LogP contribution in [0, 0.1) is 12.7 Å². The molecule has 13 heteroatoms. The number of alkyl carbamates (subject to hydrolysis) is 1. The number of hydrogen-bond donors (Lipinski definition) is 1. The van der Waals surface area contributed by atoms with E-state index in [1.165, 1.54) is 18.5 Å². The summed E-state index contributed by atoms with van der Waals surface area (Å²) in [6.07, 6.45) is 4.73. The quantitative estimate of drug-likeness (QED) is 0.418. The van der Waals surface area contributed by atoms with Crippen LogP contribution in [0.2, 0.25) is 0 Å². The summed E-state index contributed by atoms with van der Waals surface area (Å²) in [4.78, 5) is 45.1. The maximum Gasteiger partial charge on any atom is 0.407 e. The molecule has 0 spiro atoms. The second-order valence-electron chi connectivity index (χ2n) is 12.5. The molecule has 0 bridgehead atoms. The van der Waals surface area contributed by atoms with Crippen LogP contribution in [0.15, 0.2) is 35.1 Å². The molecular weight excluding hydrogens is 567 g/mol. The first-order valence-corrected chi connectivity index (χ1v) is 15.1. The van der Waals surface area contributed by atoms with Crippen LogP contribution in [0.5, 0.6) is 0 Å². The van der Waals surface area contributed by atoms with Gasteiger partial charge in [0.15, 0.2) is 5.82 Å². The number of nitrogens with zero attached hydrogens (tertiary/aromatic N) is 7. The molecular formula is C31H41FN8O4.